The van der Waals surface area contributed by atoms with Gasteiger partial charge in [-0.15, -0.1) is 0 Å². The van der Waals surface area contributed by atoms with Gasteiger partial charge in [-0.05, 0) is 45.7 Å². The Morgan fingerprint density at radius 2 is 1.96 bits per heavy atom. The Morgan fingerprint density at radius 3 is 2.52 bits per heavy atom. The van der Waals surface area contributed by atoms with E-state index in [0.29, 0.717) is 18.5 Å². The Labute approximate surface area is 150 Å². The van der Waals surface area contributed by atoms with Crippen LogP contribution >= 0.6 is 0 Å². The highest BCUT2D eigenvalue weighted by Crippen LogP contribution is 2.06. The van der Waals surface area contributed by atoms with E-state index in [1.165, 1.54) is 5.69 Å². The zero-order valence-corrected chi connectivity index (χ0v) is 16.2. The van der Waals surface area contributed by atoms with Crippen molar-refractivity contribution in [2.45, 2.75) is 53.8 Å². The SMILES string of the molecule is CN=C(NCc1ccn(C(C)C)n1)NCC(C)Cn1nc(C)cc1C. The zero-order chi connectivity index (χ0) is 18.4. The van der Waals surface area contributed by atoms with E-state index >= 15 is 0 Å². The van der Waals surface area contributed by atoms with E-state index in [4.69, 9.17) is 0 Å². The second-order valence-electron chi connectivity index (χ2n) is 6.90. The van der Waals surface area contributed by atoms with Crippen molar-refractivity contribution in [2.24, 2.45) is 10.9 Å². The van der Waals surface area contributed by atoms with Crippen molar-refractivity contribution in [1.82, 2.24) is 30.2 Å². The first-order chi connectivity index (χ1) is 11.9. The van der Waals surface area contributed by atoms with Crippen molar-refractivity contribution in [2.75, 3.05) is 13.6 Å². The molecule has 0 bridgehead atoms. The van der Waals surface area contributed by atoms with Crippen LogP contribution in [0.4, 0.5) is 0 Å². The molecule has 138 valence electrons. The Hall–Kier alpha value is -2.31. The molecular weight excluding hydrogens is 314 g/mol. The predicted molar refractivity (Wildman–Crippen MR) is 102 cm³/mol. The average molecular weight is 345 g/mol. The lowest BCUT2D eigenvalue weighted by Gasteiger charge is -2.16. The maximum absolute atomic E-state index is 4.54. The van der Waals surface area contributed by atoms with Crippen molar-refractivity contribution in [1.29, 1.82) is 0 Å². The van der Waals surface area contributed by atoms with Gasteiger partial charge >= 0.3 is 0 Å². The molecule has 0 fully saturated rings. The van der Waals surface area contributed by atoms with Gasteiger partial charge in [0, 0.05) is 38.1 Å². The van der Waals surface area contributed by atoms with Crippen molar-refractivity contribution in [3.05, 3.63) is 35.4 Å². The molecule has 2 rings (SSSR count). The highest BCUT2D eigenvalue weighted by Gasteiger charge is 2.09. The summed E-state index contributed by atoms with van der Waals surface area (Å²) in [6.07, 6.45) is 2.01. The largest absolute Gasteiger partial charge is 0.356 e. The summed E-state index contributed by atoms with van der Waals surface area (Å²) in [5, 5.41) is 15.8. The normalized spacial score (nSPS) is 13.3. The van der Waals surface area contributed by atoms with Gasteiger partial charge < -0.3 is 10.6 Å². The van der Waals surface area contributed by atoms with Crippen LogP contribution in [0.15, 0.2) is 23.3 Å². The second-order valence-corrected chi connectivity index (χ2v) is 6.90. The Bertz CT molecular complexity index is 696. The molecule has 7 heteroatoms. The molecule has 1 unspecified atom stereocenters. The van der Waals surface area contributed by atoms with Crippen LogP contribution in [0, 0.1) is 19.8 Å². The third-order valence-corrected chi connectivity index (χ3v) is 4.06. The van der Waals surface area contributed by atoms with Crippen molar-refractivity contribution in [3.63, 3.8) is 0 Å². The zero-order valence-electron chi connectivity index (χ0n) is 16.2. The molecule has 0 amide bonds. The standard InChI is InChI=1S/C18H31N7/c1-13(2)24-8-7-17(23-24)11-21-18(19-6)20-10-14(3)12-25-16(5)9-15(4)22-25/h7-9,13-14H,10-12H2,1-6H3,(H2,19,20,21). The number of aromatic nitrogens is 4. The van der Waals surface area contributed by atoms with Crippen LogP contribution in [0.1, 0.15) is 43.9 Å². The van der Waals surface area contributed by atoms with Crippen molar-refractivity contribution < 1.29 is 0 Å². The van der Waals surface area contributed by atoms with Gasteiger partial charge in [-0.1, -0.05) is 6.92 Å². The van der Waals surface area contributed by atoms with Gasteiger partial charge in [-0.3, -0.25) is 14.4 Å². The number of nitrogens with one attached hydrogen (secondary N) is 2. The minimum absolute atomic E-state index is 0.376. The van der Waals surface area contributed by atoms with Gasteiger partial charge in [0.05, 0.1) is 17.9 Å². The molecule has 0 saturated heterocycles. The Kier molecular flexibility index (Phi) is 6.61. The van der Waals surface area contributed by atoms with E-state index < -0.39 is 0 Å². The summed E-state index contributed by atoms with van der Waals surface area (Å²) in [4.78, 5) is 4.28. The molecular formula is C18H31N7. The van der Waals surface area contributed by atoms with Gasteiger partial charge in [0.1, 0.15) is 0 Å². The molecule has 2 aromatic heterocycles. The van der Waals surface area contributed by atoms with Gasteiger partial charge in [0.25, 0.3) is 0 Å². The molecule has 25 heavy (non-hydrogen) atoms. The molecule has 0 aromatic carbocycles. The molecule has 2 heterocycles. The molecule has 0 radical (unpaired) electrons. The summed E-state index contributed by atoms with van der Waals surface area (Å²) >= 11 is 0. The van der Waals surface area contributed by atoms with E-state index in [2.05, 4.69) is 64.3 Å². The highest BCUT2D eigenvalue weighted by atomic mass is 15.3. The fourth-order valence-corrected chi connectivity index (χ4v) is 2.64. The quantitative estimate of drug-likeness (QED) is 0.596. The highest BCUT2D eigenvalue weighted by molar-refractivity contribution is 5.79. The molecule has 0 spiro atoms. The number of hydrogen-bond donors (Lipinski definition) is 2. The van der Waals surface area contributed by atoms with Gasteiger partial charge in [-0.2, -0.15) is 10.2 Å². The molecule has 0 aliphatic heterocycles. The number of aliphatic imine (C=N–C) groups is 1. The molecule has 0 saturated carbocycles. The minimum Gasteiger partial charge on any atom is -0.356 e. The first-order valence-corrected chi connectivity index (χ1v) is 8.88. The van der Waals surface area contributed by atoms with Crippen LogP contribution in [0.3, 0.4) is 0 Å². The van der Waals surface area contributed by atoms with Gasteiger partial charge in [-0.25, -0.2) is 0 Å². The topological polar surface area (TPSA) is 72.1 Å². The third kappa shape index (κ3) is 5.62. The van der Waals surface area contributed by atoms with Crippen molar-refractivity contribution in [3.8, 4) is 0 Å². The first kappa shape index (κ1) is 19.0. The predicted octanol–water partition coefficient (Wildman–Crippen LogP) is 2.28. The van der Waals surface area contributed by atoms with Crippen LogP contribution in [-0.2, 0) is 13.1 Å². The van der Waals surface area contributed by atoms with Crippen LogP contribution in [-0.4, -0.2) is 39.1 Å². The summed E-state index contributed by atoms with van der Waals surface area (Å²) in [6.45, 7) is 13.0. The fraction of sp³-hybridized carbons (Fsp3) is 0.611. The van der Waals surface area contributed by atoms with Crippen LogP contribution in [0.25, 0.3) is 0 Å². The monoisotopic (exact) mass is 345 g/mol. The summed E-state index contributed by atoms with van der Waals surface area (Å²) in [5.74, 6) is 1.23. The number of hydrogen-bond acceptors (Lipinski definition) is 3. The fourth-order valence-electron chi connectivity index (χ4n) is 2.64. The molecule has 0 aliphatic rings. The lowest BCUT2D eigenvalue weighted by atomic mass is 10.2. The molecule has 0 aliphatic carbocycles. The van der Waals surface area contributed by atoms with Crippen molar-refractivity contribution >= 4 is 5.96 Å². The molecule has 1 atom stereocenters. The minimum atomic E-state index is 0.376. The third-order valence-electron chi connectivity index (χ3n) is 4.06. The Morgan fingerprint density at radius 1 is 1.20 bits per heavy atom. The van der Waals surface area contributed by atoms with E-state index in [1.54, 1.807) is 7.05 Å². The first-order valence-electron chi connectivity index (χ1n) is 8.88. The average Bonchev–Trinajstić information content (AvgIpc) is 3.14. The number of nitrogens with zero attached hydrogens (tertiary/aromatic N) is 5. The lowest BCUT2D eigenvalue weighted by Crippen LogP contribution is -2.39. The molecule has 2 N–H and O–H groups in total. The van der Waals surface area contributed by atoms with Crippen LogP contribution in [0.5, 0.6) is 0 Å². The molecule has 7 nitrogen and oxygen atoms in total. The van der Waals surface area contributed by atoms with Gasteiger partial charge in [0.15, 0.2) is 5.96 Å². The summed E-state index contributed by atoms with van der Waals surface area (Å²) in [6, 6.07) is 4.52. The van der Waals surface area contributed by atoms with E-state index in [-0.39, 0.29) is 0 Å². The number of guanidine groups is 1. The summed E-state index contributed by atoms with van der Waals surface area (Å²) in [5.41, 5.74) is 3.27. The summed E-state index contributed by atoms with van der Waals surface area (Å²) in [7, 11) is 1.79. The Balaban J connectivity index is 1.78. The van der Waals surface area contributed by atoms with E-state index in [0.717, 1.165) is 30.4 Å². The van der Waals surface area contributed by atoms with E-state index in [1.807, 2.05) is 23.9 Å². The van der Waals surface area contributed by atoms with E-state index in [9.17, 15) is 0 Å². The van der Waals surface area contributed by atoms with Gasteiger partial charge in [0.2, 0.25) is 0 Å². The van der Waals surface area contributed by atoms with Crippen LogP contribution in [0.2, 0.25) is 0 Å². The number of rotatable bonds is 7. The lowest BCUT2D eigenvalue weighted by molar-refractivity contribution is 0.436. The smallest absolute Gasteiger partial charge is 0.191 e. The van der Waals surface area contributed by atoms with Crippen LogP contribution < -0.4 is 10.6 Å². The maximum atomic E-state index is 4.54. The number of aryl methyl sites for hydroxylation is 2. The maximum Gasteiger partial charge on any atom is 0.191 e. The summed E-state index contributed by atoms with van der Waals surface area (Å²) < 4.78 is 4.03. The second kappa shape index (κ2) is 8.69. The molecule has 2 aromatic rings.